The average molecular weight is 393 g/mol. The topological polar surface area (TPSA) is 114 Å². The van der Waals surface area contributed by atoms with Gasteiger partial charge in [-0.2, -0.15) is 0 Å². The van der Waals surface area contributed by atoms with E-state index < -0.39 is 16.8 Å². The minimum atomic E-state index is -0.945. The number of aryl methyl sites for hydroxylation is 2. The first kappa shape index (κ1) is 19.8. The summed E-state index contributed by atoms with van der Waals surface area (Å²) in [6.45, 7) is 1.96. The number of carboxylic acids is 1. The van der Waals surface area contributed by atoms with E-state index in [0.717, 1.165) is 11.1 Å². The van der Waals surface area contributed by atoms with Crippen molar-refractivity contribution in [3.05, 3.63) is 87.6 Å². The predicted octanol–water partition coefficient (Wildman–Crippen LogP) is 3.77. The van der Waals surface area contributed by atoms with Gasteiger partial charge in [0, 0.05) is 35.4 Å². The minimum absolute atomic E-state index is 0.0932. The van der Waals surface area contributed by atoms with Crippen LogP contribution in [0.25, 0.3) is 11.3 Å². The standard InChI is InChI=1S/C21H19N3O5/c1-14-5-7-15(8-6-14)19-11-9-17(10-12-20(25)26)23(19)22-21(27)16-3-2-4-18(13-16)24(28)29/h2-9,11,13H,10,12H2,1H3,(H,22,27)(H,25,26). The number of nitrogens with one attached hydrogen (secondary N) is 1. The van der Waals surface area contributed by atoms with Crippen LogP contribution in [-0.2, 0) is 11.2 Å². The summed E-state index contributed by atoms with van der Waals surface area (Å²) in [5.41, 5.74) is 5.91. The van der Waals surface area contributed by atoms with Crippen molar-refractivity contribution < 1.29 is 19.6 Å². The number of hydrogen-bond donors (Lipinski definition) is 2. The molecule has 8 nitrogen and oxygen atoms in total. The molecule has 29 heavy (non-hydrogen) atoms. The van der Waals surface area contributed by atoms with E-state index in [-0.39, 0.29) is 24.1 Å². The highest BCUT2D eigenvalue weighted by atomic mass is 16.6. The van der Waals surface area contributed by atoms with Crippen molar-refractivity contribution in [3.63, 3.8) is 0 Å². The van der Waals surface area contributed by atoms with Gasteiger partial charge in [0.1, 0.15) is 0 Å². The maximum Gasteiger partial charge on any atom is 0.303 e. The van der Waals surface area contributed by atoms with Gasteiger partial charge in [0.25, 0.3) is 11.6 Å². The summed E-state index contributed by atoms with van der Waals surface area (Å²) >= 11 is 0. The Bertz CT molecular complexity index is 1070. The lowest BCUT2D eigenvalue weighted by molar-refractivity contribution is -0.384. The van der Waals surface area contributed by atoms with Crippen molar-refractivity contribution in [3.8, 4) is 11.3 Å². The quantitative estimate of drug-likeness (QED) is 0.468. The Balaban J connectivity index is 1.96. The van der Waals surface area contributed by atoms with Gasteiger partial charge in [-0.25, -0.2) is 0 Å². The maximum absolute atomic E-state index is 12.7. The van der Waals surface area contributed by atoms with Gasteiger partial charge in [0.2, 0.25) is 0 Å². The summed E-state index contributed by atoms with van der Waals surface area (Å²) < 4.78 is 1.54. The number of carbonyl (C=O) groups is 2. The second kappa shape index (κ2) is 8.39. The molecule has 0 aliphatic carbocycles. The molecule has 0 radical (unpaired) electrons. The molecule has 0 spiro atoms. The van der Waals surface area contributed by atoms with Crippen LogP contribution in [0.3, 0.4) is 0 Å². The van der Waals surface area contributed by atoms with Crippen molar-refractivity contribution >= 4 is 17.6 Å². The molecule has 0 fully saturated rings. The largest absolute Gasteiger partial charge is 0.481 e. The van der Waals surface area contributed by atoms with Gasteiger partial charge < -0.3 is 5.11 Å². The van der Waals surface area contributed by atoms with E-state index in [0.29, 0.717) is 11.4 Å². The summed E-state index contributed by atoms with van der Waals surface area (Å²) in [5, 5.41) is 20.0. The first-order chi connectivity index (χ1) is 13.8. The molecule has 0 atom stereocenters. The molecule has 1 heterocycles. The van der Waals surface area contributed by atoms with Gasteiger partial charge >= 0.3 is 5.97 Å². The summed E-state index contributed by atoms with van der Waals surface area (Å²) in [5.74, 6) is -1.48. The SMILES string of the molecule is Cc1ccc(-c2ccc(CCC(=O)O)n2NC(=O)c2cccc([N+](=O)[O-])c2)cc1. The molecule has 0 unspecified atom stereocenters. The van der Waals surface area contributed by atoms with Gasteiger partial charge in [-0.1, -0.05) is 35.9 Å². The minimum Gasteiger partial charge on any atom is -0.481 e. The molecule has 148 valence electrons. The van der Waals surface area contributed by atoms with Crippen LogP contribution < -0.4 is 5.43 Å². The second-order valence-electron chi connectivity index (χ2n) is 6.55. The number of benzene rings is 2. The van der Waals surface area contributed by atoms with Gasteiger partial charge in [0.15, 0.2) is 0 Å². The number of nitro benzene ring substituents is 1. The Hall–Kier alpha value is -3.94. The Labute approximate surface area is 166 Å². The molecule has 3 rings (SSSR count). The number of carboxylic acid groups (broad SMARTS) is 1. The van der Waals surface area contributed by atoms with Crippen LogP contribution >= 0.6 is 0 Å². The van der Waals surface area contributed by atoms with E-state index in [1.54, 1.807) is 12.1 Å². The van der Waals surface area contributed by atoms with E-state index in [1.807, 2.05) is 31.2 Å². The zero-order valence-electron chi connectivity index (χ0n) is 15.7. The lowest BCUT2D eigenvalue weighted by atomic mass is 10.1. The predicted molar refractivity (Wildman–Crippen MR) is 107 cm³/mol. The second-order valence-corrected chi connectivity index (χ2v) is 6.55. The van der Waals surface area contributed by atoms with Gasteiger partial charge in [-0.15, -0.1) is 0 Å². The highest BCUT2D eigenvalue weighted by molar-refractivity contribution is 6.00. The van der Waals surface area contributed by atoms with E-state index in [9.17, 15) is 19.7 Å². The smallest absolute Gasteiger partial charge is 0.303 e. The normalized spacial score (nSPS) is 10.5. The number of aliphatic carboxylic acids is 1. The number of rotatable bonds is 7. The fraction of sp³-hybridized carbons (Fsp3) is 0.143. The molecule has 2 N–H and O–H groups in total. The molecule has 0 aliphatic rings. The van der Waals surface area contributed by atoms with Crippen LogP contribution in [0.2, 0.25) is 0 Å². The molecule has 3 aromatic rings. The van der Waals surface area contributed by atoms with Crippen LogP contribution in [-0.4, -0.2) is 26.6 Å². The van der Waals surface area contributed by atoms with Crippen LogP contribution in [0.4, 0.5) is 5.69 Å². The summed E-state index contributed by atoms with van der Waals surface area (Å²) in [6.07, 6.45) is 0.125. The average Bonchev–Trinajstić information content (AvgIpc) is 3.09. The Morgan fingerprint density at radius 3 is 2.48 bits per heavy atom. The number of aromatic nitrogens is 1. The fourth-order valence-corrected chi connectivity index (χ4v) is 2.92. The zero-order valence-corrected chi connectivity index (χ0v) is 15.7. The first-order valence-electron chi connectivity index (χ1n) is 8.90. The van der Waals surface area contributed by atoms with E-state index >= 15 is 0 Å². The maximum atomic E-state index is 12.7. The number of nitro groups is 1. The number of amides is 1. The zero-order chi connectivity index (χ0) is 21.0. The number of hydrogen-bond acceptors (Lipinski definition) is 4. The third-order valence-corrected chi connectivity index (χ3v) is 4.44. The van der Waals surface area contributed by atoms with Gasteiger partial charge in [-0.3, -0.25) is 29.8 Å². The highest BCUT2D eigenvalue weighted by Crippen LogP contribution is 2.23. The van der Waals surface area contributed by atoms with Crippen LogP contribution in [0.1, 0.15) is 28.0 Å². The Morgan fingerprint density at radius 2 is 1.83 bits per heavy atom. The van der Waals surface area contributed by atoms with Crippen molar-refractivity contribution in [1.29, 1.82) is 0 Å². The molecule has 2 aromatic carbocycles. The summed E-state index contributed by atoms with van der Waals surface area (Å²) in [7, 11) is 0. The van der Waals surface area contributed by atoms with Gasteiger partial charge in [0.05, 0.1) is 17.0 Å². The van der Waals surface area contributed by atoms with Crippen molar-refractivity contribution in [1.82, 2.24) is 4.68 Å². The lowest BCUT2D eigenvalue weighted by Gasteiger charge is -2.15. The molecule has 0 saturated heterocycles. The van der Waals surface area contributed by atoms with Crippen LogP contribution in [0.5, 0.6) is 0 Å². The van der Waals surface area contributed by atoms with E-state index in [1.165, 1.54) is 28.9 Å². The number of carbonyl (C=O) groups excluding carboxylic acids is 1. The summed E-state index contributed by atoms with van der Waals surface area (Å²) in [4.78, 5) is 34.1. The fourth-order valence-electron chi connectivity index (χ4n) is 2.92. The molecule has 1 amide bonds. The summed E-state index contributed by atoms with van der Waals surface area (Å²) in [6, 6.07) is 16.7. The Morgan fingerprint density at radius 1 is 1.10 bits per heavy atom. The molecule has 0 bridgehead atoms. The number of nitrogens with zero attached hydrogens (tertiary/aromatic N) is 2. The van der Waals surface area contributed by atoms with E-state index in [4.69, 9.17) is 5.11 Å². The lowest BCUT2D eigenvalue weighted by Crippen LogP contribution is -2.25. The van der Waals surface area contributed by atoms with Crippen molar-refractivity contribution in [2.24, 2.45) is 0 Å². The van der Waals surface area contributed by atoms with E-state index in [2.05, 4.69) is 5.43 Å². The third kappa shape index (κ3) is 4.67. The molecule has 0 saturated carbocycles. The first-order valence-corrected chi connectivity index (χ1v) is 8.90. The van der Waals surface area contributed by atoms with Gasteiger partial charge in [-0.05, 0) is 25.1 Å². The molecule has 1 aromatic heterocycles. The van der Waals surface area contributed by atoms with Crippen molar-refractivity contribution in [2.75, 3.05) is 5.43 Å². The molecule has 0 aliphatic heterocycles. The van der Waals surface area contributed by atoms with Crippen LogP contribution in [0.15, 0.2) is 60.7 Å². The molecular formula is C21H19N3O5. The number of non-ortho nitro benzene ring substituents is 1. The molecule has 8 heteroatoms. The Kier molecular flexibility index (Phi) is 5.73. The van der Waals surface area contributed by atoms with Crippen molar-refractivity contribution in [2.45, 2.75) is 19.8 Å². The highest BCUT2D eigenvalue weighted by Gasteiger charge is 2.16. The van der Waals surface area contributed by atoms with Crippen LogP contribution in [0, 0.1) is 17.0 Å². The third-order valence-electron chi connectivity index (χ3n) is 4.44. The monoisotopic (exact) mass is 393 g/mol. The molecular weight excluding hydrogens is 374 g/mol.